The zero-order valence-corrected chi connectivity index (χ0v) is 8.29. The van der Waals surface area contributed by atoms with Gasteiger partial charge >= 0.3 is 6.18 Å². The molecular weight excluding hydrogens is 221 g/mol. The summed E-state index contributed by atoms with van der Waals surface area (Å²) < 4.78 is 35.5. The van der Waals surface area contributed by atoms with E-state index in [1.807, 2.05) is 0 Å². The summed E-state index contributed by atoms with van der Waals surface area (Å²) in [5, 5.41) is 1.73. The van der Waals surface area contributed by atoms with Gasteiger partial charge in [0.15, 0.2) is 0 Å². The van der Waals surface area contributed by atoms with Crippen LogP contribution in [0.4, 0.5) is 13.2 Å². The highest BCUT2D eigenvalue weighted by Gasteiger charge is 2.29. The van der Waals surface area contributed by atoms with Gasteiger partial charge in [-0.25, -0.2) is 0 Å². The van der Waals surface area contributed by atoms with Crippen molar-refractivity contribution in [1.29, 1.82) is 0 Å². The molecule has 0 radical (unpaired) electrons. The second-order valence-electron chi connectivity index (χ2n) is 3.22. The van der Waals surface area contributed by atoms with Crippen molar-refractivity contribution in [2.45, 2.75) is 12.2 Å². The summed E-state index contributed by atoms with van der Waals surface area (Å²) in [5.74, 6) is -0.844. The van der Waals surface area contributed by atoms with Crippen LogP contribution in [0.5, 0.6) is 0 Å². The number of alkyl halides is 3. The standard InChI is InChI=1S/C10H11F3N2O/c11-10(12,13)6-15-9(16)8(14)7-4-2-1-3-5-7/h1-5,8H,6,14H2,(H,15,16). The molecule has 1 rings (SSSR count). The van der Waals surface area contributed by atoms with Gasteiger partial charge in [-0.1, -0.05) is 30.3 Å². The Hall–Kier alpha value is -1.56. The molecule has 0 saturated carbocycles. The monoisotopic (exact) mass is 232 g/mol. The molecule has 6 heteroatoms. The van der Waals surface area contributed by atoms with Gasteiger partial charge in [0.2, 0.25) is 5.91 Å². The Morgan fingerprint density at radius 2 is 1.88 bits per heavy atom. The molecule has 0 aliphatic rings. The normalized spacial score (nSPS) is 13.2. The van der Waals surface area contributed by atoms with E-state index >= 15 is 0 Å². The van der Waals surface area contributed by atoms with Gasteiger partial charge in [-0.2, -0.15) is 13.2 Å². The van der Waals surface area contributed by atoms with Crippen molar-refractivity contribution in [3.63, 3.8) is 0 Å². The minimum Gasteiger partial charge on any atom is -0.345 e. The van der Waals surface area contributed by atoms with Crippen molar-refractivity contribution in [3.8, 4) is 0 Å². The number of halogens is 3. The maximum atomic E-state index is 11.8. The van der Waals surface area contributed by atoms with Gasteiger partial charge < -0.3 is 11.1 Å². The van der Waals surface area contributed by atoms with E-state index in [4.69, 9.17) is 5.73 Å². The number of amides is 1. The van der Waals surface area contributed by atoms with E-state index in [9.17, 15) is 18.0 Å². The lowest BCUT2D eigenvalue weighted by Gasteiger charge is -2.13. The molecule has 1 unspecified atom stereocenters. The molecule has 0 heterocycles. The zero-order valence-electron chi connectivity index (χ0n) is 8.29. The van der Waals surface area contributed by atoms with Crippen LogP contribution in [0.1, 0.15) is 11.6 Å². The number of hydrogen-bond donors (Lipinski definition) is 2. The van der Waals surface area contributed by atoms with Crippen LogP contribution >= 0.6 is 0 Å². The molecule has 0 aromatic heterocycles. The Kier molecular flexibility index (Phi) is 3.89. The van der Waals surface area contributed by atoms with Crippen molar-refractivity contribution < 1.29 is 18.0 Å². The average Bonchev–Trinajstić information content (AvgIpc) is 2.25. The number of carbonyl (C=O) groups excluding carboxylic acids is 1. The van der Waals surface area contributed by atoms with Crippen LogP contribution in [0.3, 0.4) is 0 Å². The Bertz CT molecular complexity index is 351. The molecule has 16 heavy (non-hydrogen) atoms. The summed E-state index contributed by atoms with van der Waals surface area (Å²) in [4.78, 5) is 11.3. The largest absolute Gasteiger partial charge is 0.405 e. The first kappa shape index (κ1) is 12.5. The number of benzene rings is 1. The quantitative estimate of drug-likeness (QED) is 0.826. The number of carbonyl (C=O) groups is 1. The SMILES string of the molecule is NC(C(=O)NCC(F)(F)F)c1ccccc1. The lowest BCUT2D eigenvalue weighted by Crippen LogP contribution is -2.39. The minimum absolute atomic E-state index is 0.474. The molecule has 1 amide bonds. The lowest BCUT2D eigenvalue weighted by atomic mass is 10.1. The van der Waals surface area contributed by atoms with Crippen molar-refractivity contribution in [2.75, 3.05) is 6.54 Å². The first-order valence-corrected chi connectivity index (χ1v) is 4.55. The predicted molar refractivity (Wildman–Crippen MR) is 52.4 cm³/mol. The molecule has 1 atom stereocenters. The third-order valence-corrected chi connectivity index (χ3v) is 1.90. The molecule has 0 bridgehead atoms. The van der Waals surface area contributed by atoms with Crippen LogP contribution in [0.15, 0.2) is 30.3 Å². The maximum Gasteiger partial charge on any atom is 0.405 e. The number of hydrogen-bond acceptors (Lipinski definition) is 2. The first-order chi connectivity index (χ1) is 7.40. The van der Waals surface area contributed by atoms with Gasteiger partial charge in [0.25, 0.3) is 0 Å². The predicted octanol–water partition coefficient (Wildman–Crippen LogP) is 1.36. The zero-order chi connectivity index (χ0) is 12.2. The highest BCUT2D eigenvalue weighted by atomic mass is 19.4. The molecular formula is C10H11F3N2O. The summed E-state index contributed by atoms with van der Waals surface area (Å²) in [6.45, 7) is -1.37. The molecule has 1 aromatic carbocycles. The third kappa shape index (κ3) is 3.90. The Morgan fingerprint density at radius 3 is 2.38 bits per heavy atom. The minimum atomic E-state index is -4.42. The van der Waals surface area contributed by atoms with E-state index in [0.717, 1.165) is 0 Å². The van der Waals surface area contributed by atoms with E-state index in [0.29, 0.717) is 5.56 Å². The van der Waals surface area contributed by atoms with Gasteiger partial charge in [0.1, 0.15) is 12.6 Å². The highest BCUT2D eigenvalue weighted by molar-refractivity contribution is 5.82. The fourth-order valence-electron chi connectivity index (χ4n) is 1.11. The van der Waals surface area contributed by atoms with Crippen LogP contribution in [-0.4, -0.2) is 18.6 Å². The van der Waals surface area contributed by atoms with E-state index in [-0.39, 0.29) is 0 Å². The second-order valence-corrected chi connectivity index (χ2v) is 3.22. The number of rotatable bonds is 3. The van der Waals surface area contributed by atoms with Crippen LogP contribution in [0, 0.1) is 0 Å². The van der Waals surface area contributed by atoms with Crippen LogP contribution in [-0.2, 0) is 4.79 Å². The summed E-state index contributed by atoms with van der Waals surface area (Å²) in [6, 6.07) is 7.13. The van der Waals surface area contributed by atoms with E-state index < -0.39 is 24.7 Å². The smallest absolute Gasteiger partial charge is 0.345 e. The molecule has 0 aliphatic heterocycles. The van der Waals surface area contributed by atoms with E-state index in [1.54, 1.807) is 35.6 Å². The van der Waals surface area contributed by atoms with Crippen LogP contribution in [0.25, 0.3) is 0 Å². The van der Waals surface area contributed by atoms with E-state index in [2.05, 4.69) is 0 Å². The Balaban J connectivity index is 2.55. The van der Waals surface area contributed by atoms with Crippen LogP contribution in [0.2, 0.25) is 0 Å². The highest BCUT2D eigenvalue weighted by Crippen LogP contribution is 2.14. The fraction of sp³-hybridized carbons (Fsp3) is 0.300. The topological polar surface area (TPSA) is 55.1 Å². The van der Waals surface area contributed by atoms with Gasteiger partial charge in [0, 0.05) is 0 Å². The van der Waals surface area contributed by atoms with Gasteiger partial charge in [-0.05, 0) is 5.56 Å². The molecule has 0 spiro atoms. The number of nitrogens with one attached hydrogen (secondary N) is 1. The summed E-state index contributed by atoms with van der Waals surface area (Å²) in [5.41, 5.74) is 5.96. The van der Waals surface area contributed by atoms with Crippen molar-refractivity contribution >= 4 is 5.91 Å². The van der Waals surface area contributed by atoms with Gasteiger partial charge in [-0.3, -0.25) is 4.79 Å². The van der Waals surface area contributed by atoms with Crippen molar-refractivity contribution in [2.24, 2.45) is 5.73 Å². The number of nitrogens with two attached hydrogens (primary N) is 1. The van der Waals surface area contributed by atoms with Crippen LogP contribution < -0.4 is 11.1 Å². The van der Waals surface area contributed by atoms with Crippen molar-refractivity contribution in [3.05, 3.63) is 35.9 Å². The van der Waals surface area contributed by atoms with Crippen molar-refractivity contribution in [1.82, 2.24) is 5.32 Å². The summed E-state index contributed by atoms with van der Waals surface area (Å²) in [6.07, 6.45) is -4.42. The molecule has 3 N–H and O–H groups in total. The van der Waals surface area contributed by atoms with Gasteiger partial charge in [0.05, 0.1) is 0 Å². The summed E-state index contributed by atoms with van der Waals surface area (Å²) in [7, 11) is 0. The van der Waals surface area contributed by atoms with Gasteiger partial charge in [-0.15, -0.1) is 0 Å². The first-order valence-electron chi connectivity index (χ1n) is 4.55. The fourth-order valence-corrected chi connectivity index (χ4v) is 1.11. The molecule has 0 saturated heterocycles. The molecule has 88 valence electrons. The Morgan fingerprint density at radius 1 is 1.31 bits per heavy atom. The molecule has 0 aliphatic carbocycles. The molecule has 0 fully saturated rings. The maximum absolute atomic E-state index is 11.8. The second kappa shape index (κ2) is 4.98. The molecule has 3 nitrogen and oxygen atoms in total. The third-order valence-electron chi connectivity index (χ3n) is 1.90. The average molecular weight is 232 g/mol. The Labute approximate surface area is 90.4 Å². The lowest BCUT2D eigenvalue weighted by molar-refractivity contribution is -0.139. The molecule has 1 aromatic rings. The van der Waals surface area contributed by atoms with E-state index in [1.165, 1.54) is 0 Å². The summed E-state index contributed by atoms with van der Waals surface area (Å²) >= 11 is 0.